The second-order valence-electron chi connectivity index (χ2n) is 2.24. The molecule has 0 bridgehead atoms. The molecule has 0 saturated carbocycles. The molecule has 0 fully saturated rings. The molecule has 1 atom stereocenters. The van der Waals surface area contributed by atoms with Gasteiger partial charge in [-0.25, -0.2) is 9.59 Å². The van der Waals surface area contributed by atoms with Crippen molar-refractivity contribution in [2.24, 2.45) is 5.73 Å². The van der Waals surface area contributed by atoms with E-state index >= 15 is 0 Å². The minimum atomic E-state index is -1.35. The van der Waals surface area contributed by atoms with Crippen molar-refractivity contribution >= 4 is 17.9 Å². The van der Waals surface area contributed by atoms with E-state index in [4.69, 9.17) is 16.2 Å². The second-order valence-corrected chi connectivity index (χ2v) is 2.24. The van der Waals surface area contributed by atoms with Gasteiger partial charge in [0.05, 0.1) is 0 Å². The molecule has 0 aliphatic carbocycles. The first kappa shape index (κ1) is 11.4. The van der Waals surface area contributed by atoms with Gasteiger partial charge in [-0.1, -0.05) is 0 Å². The summed E-state index contributed by atoms with van der Waals surface area (Å²) >= 11 is 0. The fraction of sp³-hybridized carbons (Fsp3) is 0.500. The monoisotopic (exact) mass is 189 g/mol. The minimum Gasteiger partial charge on any atom is -0.390 e. The highest BCUT2D eigenvalue weighted by molar-refractivity contribution is 5.90. The Morgan fingerprint density at radius 3 is 2.62 bits per heavy atom. The van der Waals surface area contributed by atoms with Crippen LogP contribution in [-0.2, 0) is 14.3 Å². The number of guanidine groups is 1. The van der Waals surface area contributed by atoms with E-state index in [0.717, 1.165) is 0 Å². The Balaban J connectivity index is 3.75. The van der Waals surface area contributed by atoms with E-state index in [2.05, 4.69) is 10.1 Å². The van der Waals surface area contributed by atoms with Crippen LogP contribution < -0.4 is 11.1 Å². The number of carbonyl (C=O) groups excluding carboxylic acids is 2. The van der Waals surface area contributed by atoms with Crippen LogP contribution in [0.2, 0.25) is 0 Å². The first-order chi connectivity index (χ1) is 5.93. The van der Waals surface area contributed by atoms with E-state index in [1.165, 1.54) is 6.92 Å². The van der Waals surface area contributed by atoms with E-state index in [1.807, 2.05) is 0 Å². The van der Waals surface area contributed by atoms with Gasteiger partial charge in [0, 0.05) is 0 Å². The Labute approximate surface area is 74.4 Å². The van der Waals surface area contributed by atoms with Gasteiger partial charge < -0.3 is 20.9 Å². The van der Waals surface area contributed by atoms with Crippen LogP contribution in [-0.4, -0.2) is 35.7 Å². The lowest BCUT2D eigenvalue weighted by molar-refractivity contribution is -0.164. The van der Waals surface area contributed by atoms with E-state index in [0.29, 0.717) is 0 Å². The molecule has 7 heteroatoms. The maximum absolute atomic E-state index is 10.7. The number of nitrogens with one attached hydrogen (secondary N) is 2. The van der Waals surface area contributed by atoms with Crippen molar-refractivity contribution in [2.75, 3.05) is 6.54 Å². The molecule has 5 N–H and O–H groups in total. The Hall–Kier alpha value is -1.63. The predicted molar refractivity (Wildman–Crippen MR) is 42.7 cm³/mol. The molecule has 0 saturated heterocycles. The summed E-state index contributed by atoms with van der Waals surface area (Å²) in [6.07, 6.45) is -1.35. The molecule has 13 heavy (non-hydrogen) atoms. The highest BCUT2D eigenvalue weighted by Crippen LogP contribution is 1.86. The van der Waals surface area contributed by atoms with Gasteiger partial charge in [0.25, 0.3) is 0 Å². The fourth-order valence-corrected chi connectivity index (χ4v) is 0.401. The zero-order valence-electron chi connectivity index (χ0n) is 7.03. The lowest BCUT2D eigenvalue weighted by Gasteiger charge is -2.05. The Morgan fingerprint density at radius 1 is 1.69 bits per heavy atom. The molecule has 0 rings (SSSR count). The molecular weight excluding hydrogens is 178 g/mol. The molecule has 0 radical (unpaired) electrons. The quantitative estimate of drug-likeness (QED) is 0.175. The van der Waals surface area contributed by atoms with E-state index in [9.17, 15) is 9.59 Å². The number of ether oxygens (including phenoxy) is 1. The van der Waals surface area contributed by atoms with Gasteiger partial charge in [0.1, 0.15) is 12.6 Å². The SMILES string of the molecule is CC(O)C(=O)OC(=O)CNC(=N)N. The summed E-state index contributed by atoms with van der Waals surface area (Å²) in [5.41, 5.74) is 4.86. The van der Waals surface area contributed by atoms with Gasteiger partial charge in [-0.15, -0.1) is 0 Å². The molecule has 0 aliphatic rings. The molecule has 1 unspecified atom stereocenters. The van der Waals surface area contributed by atoms with E-state index < -0.39 is 24.0 Å². The third kappa shape index (κ3) is 5.62. The Morgan fingerprint density at radius 2 is 2.23 bits per heavy atom. The molecule has 0 aromatic rings. The minimum absolute atomic E-state index is 0.381. The summed E-state index contributed by atoms with van der Waals surface area (Å²) in [6, 6.07) is 0. The number of esters is 2. The van der Waals surface area contributed by atoms with Crippen molar-refractivity contribution in [2.45, 2.75) is 13.0 Å². The van der Waals surface area contributed by atoms with Gasteiger partial charge in [0.2, 0.25) is 0 Å². The molecule has 0 aliphatic heterocycles. The van der Waals surface area contributed by atoms with Crippen molar-refractivity contribution in [1.29, 1.82) is 5.41 Å². The third-order valence-electron chi connectivity index (χ3n) is 0.979. The normalized spacial score (nSPS) is 11.5. The number of rotatable bonds is 3. The van der Waals surface area contributed by atoms with E-state index in [-0.39, 0.29) is 6.54 Å². The van der Waals surface area contributed by atoms with Gasteiger partial charge in [-0.05, 0) is 6.92 Å². The average Bonchev–Trinajstić information content (AvgIpc) is 2.00. The molecular formula is C6H11N3O4. The van der Waals surface area contributed by atoms with Gasteiger partial charge in [-0.2, -0.15) is 0 Å². The third-order valence-corrected chi connectivity index (χ3v) is 0.979. The number of hydrogen-bond donors (Lipinski definition) is 4. The average molecular weight is 189 g/mol. The number of nitrogens with two attached hydrogens (primary N) is 1. The molecule has 7 nitrogen and oxygen atoms in total. The zero-order chi connectivity index (χ0) is 10.4. The lowest BCUT2D eigenvalue weighted by atomic mass is 10.4. The predicted octanol–water partition coefficient (Wildman–Crippen LogP) is -2.08. The van der Waals surface area contributed by atoms with Crippen LogP contribution in [0.15, 0.2) is 0 Å². The first-order valence-electron chi connectivity index (χ1n) is 3.44. The van der Waals surface area contributed by atoms with Crippen LogP contribution in [0.25, 0.3) is 0 Å². The number of hydrogen-bond acceptors (Lipinski definition) is 5. The van der Waals surface area contributed by atoms with Crippen LogP contribution in [0, 0.1) is 5.41 Å². The Bertz CT molecular complexity index is 226. The smallest absolute Gasteiger partial charge is 0.342 e. The summed E-state index contributed by atoms with van der Waals surface area (Å²) in [7, 11) is 0. The second kappa shape index (κ2) is 5.09. The molecule has 0 spiro atoms. The van der Waals surface area contributed by atoms with Crippen molar-refractivity contribution in [3.63, 3.8) is 0 Å². The van der Waals surface area contributed by atoms with Crippen LogP contribution >= 0.6 is 0 Å². The van der Waals surface area contributed by atoms with Crippen LogP contribution in [0.5, 0.6) is 0 Å². The van der Waals surface area contributed by atoms with Crippen molar-refractivity contribution < 1.29 is 19.4 Å². The zero-order valence-corrected chi connectivity index (χ0v) is 7.03. The van der Waals surface area contributed by atoms with Crippen LogP contribution in [0.4, 0.5) is 0 Å². The summed E-state index contributed by atoms with van der Waals surface area (Å²) < 4.78 is 4.12. The highest BCUT2D eigenvalue weighted by atomic mass is 16.6. The van der Waals surface area contributed by atoms with Crippen LogP contribution in [0.3, 0.4) is 0 Å². The van der Waals surface area contributed by atoms with Crippen molar-refractivity contribution in [3.05, 3.63) is 0 Å². The highest BCUT2D eigenvalue weighted by Gasteiger charge is 2.14. The molecule has 0 amide bonds. The van der Waals surface area contributed by atoms with Gasteiger partial charge >= 0.3 is 11.9 Å². The summed E-state index contributed by atoms with van der Waals surface area (Å²) in [6.45, 7) is 0.793. The first-order valence-corrected chi connectivity index (χ1v) is 3.44. The summed E-state index contributed by atoms with van der Waals surface area (Å²) in [5.74, 6) is -2.34. The van der Waals surface area contributed by atoms with Crippen molar-refractivity contribution in [3.8, 4) is 0 Å². The fourth-order valence-electron chi connectivity index (χ4n) is 0.401. The standard InChI is InChI=1S/C6H11N3O4/c1-3(10)5(12)13-4(11)2-9-6(7)8/h3,10H,2H2,1H3,(H4,7,8,9). The Kier molecular flexibility index (Phi) is 4.45. The molecule has 0 aromatic heterocycles. The molecule has 74 valence electrons. The number of aliphatic hydroxyl groups excluding tert-OH is 1. The summed E-state index contributed by atoms with van der Waals surface area (Å²) in [4.78, 5) is 21.3. The molecule has 0 aromatic carbocycles. The maximum Gasteiger partial charge on any atom is 0.342 e. The number of carbonyl (C=O) groups is 2. The number of aliphatic hydroxyl groups is 1. The molecule has 0 heterocycles. The topological polar surface area (TPSA) is 125 Å². The van der Waals surface area contributed by atoms with Crippen LogP contribution in [0.1, 0.15) is 6.92 Å². The largest absolute Gasteiger partial charge is 0.390 e. The van der Waals surface area contributed by atoms with Crippen molar-refractivity contribution in [1.82, 2.24) is 5.32 Å². The maximum atomic E-state index is 10.7. The van der Waals surface area contributed by atoms with Gasteiger partial charge in [0.15, 0.2) is 5.96 Å². The summed E-state index contributed by atoms with van der Waals surface area (Å²) in [5, 5.41) is 17.5. The lowest BCUT2D eigenvalue weighted by Crippen LogP contribution is -2.37. The van der Waals surface area contributed by atoms with E-state index in [1.54, 1.807) is 0 Å². The van der Waals surface area contributed by atoms with Gasteiger partial charge in [-0.3, -0.25) is 5.41 Å².